The second-order valence-electron chi connectivity index (χ2n) is 4.00. The summed E-state index contributed by atoms with van der Waals surface area (Å²) in [5.74, 6) is -1.48. The van der Waals surface area contributed by atoms with E-state index in [1.165, 1.54) is 12.1 Å². The van der Waals surface area contributed by atoms with Gasteiger partial charge in [0.05, 0.1) is 10.7 Å². The number of carbonyl (C=O) groups excluding carboxylic acids is 2. The Bertz CT molecular complexity index is 480. The summed E-state index contributed by atoms with van der Waals surface area (Å²) in [5.41, 5.74) is 6.36. The molecule has 0 unspecified atom stereocenters. The minimum atomic E-state index is -0.770. The topological polar surface area (TPSA) is 93.4 Å². The zero-order chi connectivity index (χ0) is 15.0. The second kappa shape index (κ2) is 8.39. The number of hydrogen-bond acceptors (Lipinski definition) is 4. The molecule has 0 fully saturated rings. The van der Waals surface area contributed by atoms with Gasteiger partial charge in [0.1, 0.15) is 0 Å². The standard InChI is InChI=1S/C13H18ClN3O3/c1-2-20-7-3-6-16-12(18)13(19)17-11-5-4-9(15)8-10(11)14/h4-5,8H,2-3,6-7,15H2,1H3,(H,16,18)(H,17,19). The molecule has 0 aliphatic rings. The first-order valence-corrected chi connectivity index (χ1v) is 6.64. The highest BCUT2D eigenvalue weighted by Crippen LogP contribution is 2.23. The molecule has 2 amide bonds. The molecule has 6 nitrogen and oxygen atoms in total. The number of nitrogen functional groups attached to an aromatic ring is 1. The molecule has 0 saturated heterocycles. The Morgan fingerprint density at radius 3 is 2.75 bits per heavy atom. The van der Waals surface area contributed by atoms with E-state index in [4.69, 9.17) is 22.1 Å². The first-order valence-electron chi connectivity index (χ1n) is 6.26. The number of amides is 2. The molecule has 1 rings (SSSR count). The number of ether oxygens (including phenoxy) is 1. The van der Waals surface area contributed by atoms with Crippen molar-refractivity contribution >= 4 is 34.8 Å². The van der Waals surface area contributed by atoms with Gasteiger partial charge in [0.15, 0.2) is 0 Å². The van der Waals surface area contributed by atoms with Crippen LogP contribution in [0.15, 0.2) is 18.2 Å². The smallest absolute Gasteiger partial charge is 0.313 e. The Morgan fingerprint density at radius 1 is 1.35 bits per heavy atom. The normalized spacial score (nSPS) is 10.1. The van der Waals surface area contributed by atoms with E-state index in [1.807, 2.05) is 6.92 Å². The summed E-state index contributed by atoms with van der Waals surface area (Å²) in [6, 6.07) is 4.62. The predicted molar refractivity (Wildman–Crippen MR) is 78.6 cm³/mol. The molecule has 0 saturated carbocycles. The van der Waals surface area contributed by atoms with Gasteiger partial charge in [0.2, 0.25) is 0 Å². The molecule has 0 bridgehead atoms. The number of benzene rings is 1. The van der Waals surface area contributed by atoms with Gasteiger partial charge in [-0.1, -0.05) is 11.6 Å². The van der Waals surface area contributed by atoms with E-state index in [0.29, 0.717) is 37.6 Å². The quantitative estimate of drug-likeness (QED) is 0.420. The molecule has 0 aliphatic heterocycles. The highest BCUT2D eigenvalue weighted by molar-refractivity contribution is 6.41. The maximum atomic E-state index is 11.6. The van der Waals surface area contributed by atoms with Crippen LogP contribution in [0.3, 0.4) is 0 Å². The lowest BCUT2D eigenvalue weighted by Crippen LogP contribution is -2.36. The average molecular weight is 300 g/mol. The molecule has 110 valence electrons. The van der Waals surface area contributed by atoms with Crippen molar-refractivity contribution in [2.24, 2.45) is 0 Å². The van der Waals surface area contributed by atoms with Gasteiger partial charge in [-0.2, -0.15) is 0 Å². The number of hydrogen-bond donors (Lipinski definition) is 3. The maximum Gasteiger partial charge on any atom is 0.313 e. The summed E-state index contributed by atoms with van der Waals surface area (Å²) < 4.78 is 5.12. The molecule has 0 atom stereocenters. The van der Waals surface area contributed by atoms with Crippen LogP contribution in [0, 0.1) is 0 Å². The van der Waals surface area contributed by atoms with Gasteiger partial charge in [-0.3, -0.25) is 9.59 Å². The third kappa shape index (κ3) is 5.46. The third-order valence-corrected chi connectivity index (χ3v) is 2.72. The fourth-order valence-corrected chi connectivity index (χ4v) is 1.65. The van der Waals surface area contributed by atoms with Gasteiger partial charge in [-0.05, 0) is 31.5 Å². The molecule has 4 N–H and O–H groups in total. The zero-order valence-electron chi connectivity index (χ0n) is 11.2. The van der Waals surface area contributed by atoms with Crippen molar-refractivity contribution in [1.82, 2.24) is 5.32 Å². The second-order valence-corrected chi connectivity index (χ2v) is 4.41. The Kier molecular flexibility index (Phi) is 6.83. The first kappa shape index (κ1) is 16.3. The van der Waals surface area contributed by atoms with Crippen LogP contribution >= 0.6 is 11.6 Å². The van der Waals surface area contributed by atoms with E-state index in [9.17, 15) is 9.59 Å². The summed E-state index contributed by atoms with van der Waals surface area (Å²) in [4.78, 5) is 23.2. The Balaban J connectivity index is 2.39. The highest BCUT2D eigenvalue weighted by Gasteiger charge is 2.14. The van der Waals surface area contributed by atoms with Crippen molar-refractivity contribution in [2.45, 2.75) is 13.3 Å². The minimum absolute atomic E-state index is 0.280. The Morgan fingerprint density at radius 2 is 2.10 bits per heavy atom. The summed E-state index contributed by atoms with van der Waals surface area (Å²) in [6.07, 6.45) is 0.648. The number of nitrogens with two attached hydrogens (primary N) is 1. The molecule has 0 aromatic heterocycles. The van der Waals surface area contributed by atoms with Crippen LogP contribution in [0.25, 0.3) is 0 Å². The number of rotatable bonds is 6. The monoisotopic (exact) mass is 299 g/mol. The van der Waals surface area contributed by atoms with Gasteiger partial charge in [-0.15, -0.1) is 0 Å². The van der Waals surface area contributed by atoms with E-state index in [1.54, 1.807) is 6.07 Å². The van der Waals surface area contributed by atoms with E-state index in [2.05, 4.69) is 10.6 Å². The van der Waals surface area contributed by atoms with Gasteiger partial charge >= 0.3 is 11.8 Å². The summed E-state index contributed by atoms with van der Waals surface area (Å²) >= 11 is 5.90. The summed E-state index contributed by atoms with van der Waals surface area (Å²) in [7, 11) is 0. The molecule has 0 aliphatic carbocycles. The first-order chi connectivity index (χ1) is 9.54. The number of anilines is 2. The zero-order valence-corrected chi connectivity index (χ0v) is 12.0. The van der Waals surface area contributed by atoms with Crippen LogP contribution in [0.4, 0.5) is 11.4 Å². The van der Waals surface area contributed by atoms with Crippen molar-refractivity contribution in [3.05, 3.63) is 23.2 Å². The fourth-order valence-electron chi connectivity index (χ4n) is 1.41. The molecular weight excluding hydrogens is 282 g/mol. The lowest BCUT2D eigenvalue weighted by Gasteiger charge is -2.08. The number of nitrogens with one attached hydrogen (secondary N) is 2. The van der Waals surface area contributed by atoms with Crippen molar-refractivity contribution in [2.75, 3.05) is 30.8 Å². The van der Waals surface area contributed by atoms with E-state index >= 15 is 0 Å². The molecule has 1 aromatic rings. The van der Waals surface area contributed by atoms with Crippen LogP contribution in [-0.4, -0.2) is 31.6 Å². The SMILES string of the molecule is CCOCCCNC(=O)C(=O)Nc1ccc(N)cc1Cl. The maximum absolute atomic E-state index is 11.6. The average Bonchev–Trinajstić information content (AvgIpc) is 2.41. The van der Waals surface area contributed by atoms with E-state index in [-0.39, 0.29) is 5.02 Å². The van der Waals surface area contributed by atoms with E-state index < -0.39 is 11.8 Å². The molecule has 0 radical (unpaired) electrons. The largest absolute Gasteiger partial charge is 0.399 e. The van der Waals surface area contributed by atoms with Gasteiger partial charge in [-0.25, -0.2) is 0 Å². The fraction of sp³-hybridized carbons (Fsp3) is 0.385. The van der Waals surface area contributed by atoms with Gasteiger partial charge in [0, 0.05) is 25.4 Å². The lowest BCUT2D eigenvalue weighted by molar-refractivity contribution is -0.136. The van der Waals surface area contributed by atoms with Crippen molar-refractivity contribution in [3.8, 4) is 0 Å². The van der Waals surface area contributed by atoms with Crippen LogP contribution in [0.1, 0.15) is 13.3 Å². The Hall–Kier alpha value is -1.79. The van der Waals surface area contributed by atoms with Crippen molar-refractivity contribution in [3.63, 3.8) is 0 Å². The molecule has 7 heteroatoms. The van der Waals surface area contributed by atoms with Gasteiger partial charge < -0.3 is 21.1 Å². The third-order valence-electron chi connectivity index (χ3n) is 2.40. The van der Waals surface area contributed by atoms with Crippen molar-refractivity contribution in [1.29, 1.82) is 0 Å². The molecule has 1 aromatic carbocycles. The minimum Gasteiger partial charge on any atom is -0.399 e. The van der Waals surface area contributed by atoms with Crippen LogP contribution in [0.5, 0.6) is 0 Å². The summed E-state index contributed by atoms with van der Waals surface area (Å²) in [6.45, 7) is 3.44. The molecule has 0 spiro atoms. The predicted octanol–water partition coefficient (Wildman–Crippen LogP) is 1.40. The van der Waals surface area contributed by atoms with Crippen molar-refractivity contribution < 1.29 is 14.3 Å². The lowest BCUT2D eigenvalue weighted by atomic mass is 10.3. The van der Waals surface area contributed by atoms with E-state index in [0.717, 1.165) is 0 Å². The van der Waals surface area contributed by atoms with Crippen LogP contribution in [0.2, 0.25) is 5.02 Å². The van der Waals surface area contributed by atoms with Crippen LogP contribution in [-0.2, 0) is 14.3 Å². The highest BCUT2D eigenvalue weighted by atomic mass is 35.5. The number of carbonyl (C=O) groups is 2. The number of halogens is 1. The molecule has 20 heavy (non-hydrogen) atoms. The summed E-state index contributed by atoms with van der Waals surface area (Å²) in [5, 5.41) is 5.19. The molecular formula is C13H18ClN3O3. The molecule has 0 heterocycles. The van der Waals surface area contributed by atoms with Crippen LogP contribution < -0.4 is 16.4 Å². The van der Waals surface area contributed by atoms with Gasteiger partial charge in [0.25, 0.3) is 0 Å². The Labute approximate surface area is 122 Å².